The van der Waals surface area contributed by atoms with Crippen LogP contribution in [-0.2, 0) is 0 Å². The third kappa shape index (κ3) is 3.31. The van der Waals surface area contributed by atoms with Gasteiger partial charge in [0.1, 0.15) is 5.82 Å². The largest absolute Gasteiger partial charge is 0.378 e. The lowest BCUT2D eigenvalue weighted by molar-refractivity contribution is -0.384. The average molecular weight is 265 g/mol. The maximum absolute atomic E-state index is 10.7. The SMILES string of the molecule is CCN1CCC(Nc2ccc([N+](=O)[O-])c(N)n2)CC1. The van der Waals surface area contributed by atoms with E-state index >= 15 is 0 Å². The van der Waals surface area contributed by atoms with Crippen LogP contribution < -0.4 is 11.1 Å². The van der Waals surface area contributed by atoms with Crippen molar-refractivity contribution >= 4 is 17.3 Å². The summed E-state index contributed by atoms with van der Waals surface area (Å²) in [5, 5.41) is 13.9. The van der Waals surface area contributed by atoms with Crippen LogP contribution in [0.15, 0.2) is 12.1 Å². The predicted octanol–water partition coefficient (Wildman–Crippen LogP) is 1.47. The number of hydrogen-bond acceptors (Lipinski definition) is 6. The van der Waals surface area contributed by atoms with Gasteiger partial charge in [0.2, 0.25) is 5.82 Å². The number of pyridine rings is 1. The Morgan fingerprint density at radius 3 is 2.74 bits per heavy atom. The zero-order valence-corrected chi connectivity index (χ0v) is 11.0. The summed E-state index contributed by atoms with van der Waals surface area (Å²) in [4.78, 5) is 16.6. The van der Waals surface area contributed by atoms with E-state index < -0.39 is 4.92 Å². The van der Waals surface area contributed by atoms with E-state index in [4.69, 9.17) is 5.73 Å². The Morgan fingerprint density at radius 1 is 1.53 bits per heavy atom. The van der Waals surface area contributed by atoms with E-state index in [9.17, 15) is 10.1 Å². The van der Waals surface area contributed by atoms with Crippen molar-refractivity contribution in [3.05, 3.63) is 22.2 Å². The van der Waals surface area contributed by atoms with Crippen molar-refractivity contribution in [2.45, 2.75) is 25.8 Å². The molecule has 0 spiro atoms. The number of anilines is 2. The molecule has 1 aromatic heterocycles. The van der Waals surface area contributed by atoms with Gasteiger partial charge in [0.15, 0.2) is 0 Å². The number of piperidine rings is 1. The van der Waals surface area contributed by atoms with Crippen LogP contribution in [0.4, 0.5) is 17.3 Å². The molecule has 0 radical (unpaired) electrons. The first-order valence-electron chi connectivity index (χ1n) is 6.50. The number of aromatic nitrogens is 1. The first kappa shape index (κ1) is 13.5. The highest BCUT2D eigenvalue weighted by molar-refractivity contribution is 5.57. The number of nitrogen functional groups attached to an aromatic ring is 1. The van der Waals surface area contributed by atoms with Gasteiger partial charge in [0, 0.05) is 25.2 Å². The van der Waals surface area contributed by atoms with Gasteiger partial charge in [-0.25, -0.2) is 4.98 Å². The number of rotatable bonds is 4. The Morgan fingerprint density at radius 2 is 2.21 bits per heavy atom. The van der Waals surface area contributed by atoms with Crippen molar-refractivity contribution in [2.75, 3.05) is 30.7 Å². The van der Waals surface area contributed by atoms with Crippen LogP contribution in [0.3, 0.4) is 0 Å². The fourth-order valence-electron chi connectivity index (χ4n) is 2.31. The molecule has 0 aliphatic carbocycles. The maximum Gasteiger partial charge on any atom is 0.311 e. The summed E-state index contributed by atoms with van der Waals surface area (Å²) in [5.74, 6) is 0.569. The topological polar surface area (TPSA) is 97.3 Å². The van der Waals surface area contributed by atoms with E-state index in [-0.39, 0.29) is 11.5 Å². The molecule has 2 heterocycles. The molecule has 0 saturated carbocycles. The molecule has 3 N–H and O–H groups in total. The summed E-state index contributed by atoms with van der Waals surface area (Å²) < 4.78 is 0. The second kappa shape index (κ2) is 5.83. The Labute approximate surface area is 112 Å². The number of hydrogen-bond donors (Lipinski definition) is 2. The average Bonchev–Trinajstić information content (AvgIpc) is 2.39. The fraction of sp³-hybridized carbons (Fsp3) is 0.583. The summed E-state index contributed by atoms with van der Waals surface area (Å²) in [6, 6.07) is 3.36. The van der Waals surface area contributed by atoms with E-state index in [1.165, 1.54) is 6.07 Å². The van der Waals surface area contributed by atoms with Gasteiger partial charge in [0.25, 0.3) is 0 Å². The zero-order chi connectivity index (χ0) is 13.8. The van der Waals surface area contributed by atoms with Gasteiger partial charge in [-0.2, -0.15) is 0 Å². The van der Waals surface area contributed by atoms with Gasteiger partial charge >= 0.3 is 5.69 Å². The molecule has 1 aliphatic rings. The number of nitrogens with zero attached hydrogens (tertiary/aromatic N) is 3. The number of nitrogens with one attached hydrogen (secondary N) is 1. The molecular formula is C12H19N5O2. The molecule has 0 unspecified atom stereocenters. The van der Waals surface area contributed by atoms with Crippen LogP contribution >= 0.6 is 0 Å². The summed E-state index contributed by atoms with van der Waals surface area (Å²) in [6.45, 7) is 5.37. The molecular weight excluding hydrogens is 246 g/mol. The first-order valence-corrected chi connectivity index (χ1v) is 6.50. The predicted molar refractivity (Wildman–Crippen MR) is 74.1 cm³/mol. The lowest BCUT2D eigenvalue weighted by Crippen LogP contribution is -2.39. The standard InChI is InChI=1S/C12H19N5O2/c1-2-16-7-5-9(6-8-16)14-11-4-3-10(17(18)19)12(13)15-11/h3-4,9H,2,5-8H2,1H3,(H3,13,14,15). The smallest absolute Gasteiger partial charge is 0.311 e. The molecule has 0 amide bonds. The Balaban J connectivity index is 1.97. The molecule has 0 bridgehead atoms. The second-order valence-electron chi connectivity index (χ2n) is 4.71. The van der Waals surface area contributed by atoms with Crippen molar-refractivity contribution in [3.8, 4) is 0 Å². The summed E-state index contributed by atoms with van der Waals surface area (Å²) in [5.41, 5.74) is 5.42. The van der Waals surface area contributed by atoms with E-state index in [0.29, 0.717) is 11.9 Å². The van der Waals surface area contributed by atoms with Gasteiger partial charge < -0.3 is 16.0 Å². The summed E-state index contributed by atoms with van der Waals surface area (Å²) in [6.07, 6.45) is 2.10. The molecule has 1 saturated heterocycles. The summed E-state index contributed by atoms with van der Waals surface area (Å²) >= 11 is 0. The van der Waals surface area contributed by atoms with Crippen LogP contribution in [0.2, 0.25) is 0 Å². The molecule has 7 heteroatoms. The number of likely N-dealkylation sites (tertiary alicyclic amines) is 1. The van der Waals surface area contributed by atoms with Crippen molar-refractivity contribution in [1.82, 2.24) is 9.88 Å². The highest BCUT2D eigenvalue weighted by Crippen LogP contribution is 2.22. The number of nitrogens with two attached hydrogens (primary N) is 1. The molecule has 19 heavy (non-hydrogen) atoms. The lowest BCUT2D eigenvalue weighted by atomic mass is 10.1. The molecule has 104 valence electrons. The van der Waals surface area contributed by atoms with Crippen LogP contribution in [0.1, 0.15) is 19.8 Å². The van der Waals surface area contributed by atoms with Crippen LogP contribution in [0, 0.1) is 10.1 Å². The van der Waals surface area contributed by atoms with Crippen molar-refractivity contribution in [3.63, 3.8) is 0 Å². The van der Waals surface area contributed by atoms with E-state index in [0.717, 1.165) is 32.5 Å². The molecule has 2 rings (SSSR count). The third-order valence-electron chi connectivity index (χ3n) is 3.49. The normalized spacial score (nSPS) is 17.3. The van der Waals surface area contributed by atoms with Gasteiger partial charge in [-0.05, 0) is 25.5 Å². The van der Waals surface area contributed by atoms with Crippen molar-refractivity contribution in [1.29, 1.82) is 0 Å². The van der Waals surface area contributed by atoms with Gasteiger partial charge in [-0.1, -0.05) is 6.92 Å². The van der Waals surface area contributed by atoms with Gasteiger partial charge in [-0.15, -0.1) is 0 Å². The first-order chi connectivity index (χ1) is 9.10. The van der Waals surface area contributed by atoms with E-state index in [1.807, 2.05) is 0 Å². The van der Waals surface area contributed by atoms with Crippen molar-refractivity contribution in [2.24, 2.45) is 0 Å². The molecule has 0 atom stereocenters. The Bertz CT molecular complexity index is 457. The minimum absolute atomic E-state index is 0.0407. The third-order valence-corrected chi connectivity index (χ3v) is 3.49. The fourth-order valence-corrected chi connectivity index (χ4v) is 2.31. The summed E-state index contributed by atoms with van der Waals surface area (Å²) in [7, 11) is 0. The van der Waals surface area contributed by atoms with Gasteiger partial charge in [0.05, 0.1) is 4.92 Å². The van der Waals surface area contributed by atoms with E-state index in [1.54, 1.807) is 6.07 Å². The minimum atomic E-state index is -0.522. The zero-order valence-electron chi connectivity index (χ0n) is 11.0. The Hall–Kier alpha value is -1.89. The monoisotopic (exact) mass is 265 g/mol. The molecule has 1 aromatic rings. The Kier molecular flexibility index (Phi) is 4.16. The quantitative estimate of drug-likeness (QED) is 0.632. The van der Waals surface area contributed by atoms with Crippen LogP contribution in [0.5, 0.6) is 0 Å². The van der Waals surface area contributed by atoms with E-state index in [2.05, 4.69) is 22.1 Å². The molecule has 0 aromatic carbocycles. The lowest BCUT2D eigenvalue weighted by Gasteiger charge is -2.31. The van der Waals surface area contributed by atoms with Crippen LogP contribution in [0.25, 0.3) is 0 Å². The van der Waals surface area contributed by atoms with Crippen molar-refractivity contribution < 1.29 is 4.92 Å². The van der Waals surface area contributed by atoms with Crippen LogP contribution in [-0.4, -0.2) is 40.5 Å². The molecule has 7 nitrogen and oxygen atoms in total. The molecule has 1 fully saturated rings. The highest BCUT2D eigenvalue weighted by Gasteiger charge is 2.19. The molecule has 1 aliphatic heterocycles. The number of nitro groups is 1. The van der Waals surface area contributed by atoms with Gasteiger partial charge in [-0.3, -0.25) is 10.1 Å². The minimum Gasteiger partial charge on any atom is -0.378 e. The highest BCUT2D eigenvalue weighted by atomic mass is 16.6. The second-order valence-corrected chi connectivity index (χ2v) is 4.71. The maximum atomic E-state index is 10.7.